The van der Waals surface area contributed by atoms with E-state index < -0.39 is 0 Å². The molecule has 0 radical (unpaired) electrons. The maximum absolute atomic E-state index is 12.7. The fourth-order valence-electron chi connectivity index (χ4n) is 3.70. The Bertz CT molecular complexity index is 670. The van der Waals surface area contributed by atoms with E-state index in [1.165, 1.54) is 30.2 Å². The summed E-state index contributed by atoms with van der Waals surface area (Å²) in [5.41, 5.74) is 2.42. The molecule has 1 N–H and O–H groups in total. The number of carbonyl (C=O) groups is 1. The highest BCUT2D eigenvalue weighted by Gasteiger charge is 2.22. The molecule has 2 aromatic rings. The van der Waals surface area contributed by atoms with Gasteiger partial charge in [0.25, 0.3) is 0 Å². The van der Waals surface area contributed by atoms with E-state index in [9.17, 15) is 4.79 Å². The summed E-state index contributed by atoms with van der Waals surface area (Å²) >= 11 is 0. The van der Waals surface area contributed by atoms with Crippen LogP contribution < -0.4 is 5.32 Å². The molecular weight excluding hydrogens is 286 g/mol. The molecule has 1 aliphatic rings. The lowest BCUT2D eigenvalue weighted by molar-refractivity contribution is -0.133. The van der Waals surface area contributed by atoms with Crippen LogP contribution in [0, 0.1) is 0 Å². The van der Waals surface area contributed by atoms with Crippen molar-refractivity contribution in [1.29, 1.82) is 0 Å². The highest BCUT2D eigenvalue weighted by Crippen LogP contribution is 2.23. The number of hydrogen-bond donors (Lipinski definition) is 1. The quantitative estimate of drug-likeness (QED) is 0.921. The number of rotatable bonds is 5. The summed E-state index contributed by atoms with van der Waals surface area (Å²) in [6.07, 6.45) is 8.16. The molecule has 1 saturated carbocycles. The summed E-state index contributed by atoms with van der Waals surface area (Å²) in [5, 5.41) is 4.43. The van der Waals surface area contributed by atoms with Gasteiger partial charge in [-0.1, -0.05) is 31.4 Å². The van der Waals surface area contributed by atoms with E-state index in [0.29, 0.717) is 12.6 Å². The summed E-state index contributed by atoms with van der Waals surface area (Å²) in [4.78, 5) is 14.6. The lowest BCUT2D eigenvalue weighted by Crippen LogP contribution is -2.40. The van der Waals surface area contributed by atoms with Gasteiger partial charge in [-0.2, -0.15) is 0 Å². The highest BCUT2D eigenvalue weighted by molar-refractivity contribution is 5.86. The second kappa shape index (κ2) is 7.18. The average Bonchev–Trinajstić information content (AvgIpc) is 2.99. The summed E-state index contributed by atoms with van der Waals surface area (Å²) < 4.78 is 2.08. The molecule has 4 nitrogen and oxygen atoms in total. The first-order valence-electron chi connectivity index (χ1n) is 8.67. The van der Waals surface area contributed by atoms with Crippen molar-refractivity contribution in [3.8, 4) is 0 Å². The van der Waals surface area contributed by atoms with Gasteiger partial charge in [0.2, 0.25) is 5.91 Å². The number of benzene rings is 1. The first-order chi connectivity index (χ1) is 11.2. The van der Waals surface area contributed by atoms with Gasteiger partial charge in [-0.05, 0) is 37.6 Å². The Kier molecular flexibility index (Phi) is 5.01. The van der Waals surface area contributed by atoms with E-state index >= 15 is 0 Å². The van der Waals surface area contributed by atoms with Crippen LogP contribution in [0.2, 0.25) is 0 Å². The molecule has 0 unspecified atom stereocenters. The Balaban J connectivity index is 1.75. The van der Waals surface area contributed by atoms with Crippen molar-refractivity contribution in [3.05, 3.63) is 36.0 Å². The molecule has 1 aromatic heterocycles. The van der Waals surface area contributed by atoms with Crippen molar-refractivity contribution >= 4 is 16.8 Å². The fraction of sp³-hybridized carbons (Fsp3) is 0.526. The molecule has 1 aliphatic carbocycles. The number of amides is 1. The lowest BCUT2D eigenvalue weighted by Gasteiger charge is -2.31. The molecule has 0 spiro atoms. The van der Waals surface area contributed by atoms with Gasteiger partial charge in [-0.25, -0.2) is 0 Å². The average molecular weight is 313 g/mol. The van der Waals surface area contributed by atoms with Crippen LogP contribution in [0.3, 0.4) is 0 Å². The van der Waals surface area contributed by atoms with Crippen LogP contribution in [0.15, 0.2) is 30.5 Å². The zero-order valence-electron chi connectivity index (χ0n) is 14.2. The number of hydrogen-bond acceptors (Lipinski definition) is 2. The van der Waals surface area contributed by atoms with E-state index in [2.05, 4.69) is 34.1 Å². The Labute approximate surface area is 138 Å². The van der Waals surface area contributed by atoms with Crippen LogP contribution in [-0.2, 0) is 17.9 Å². The molecular formula is C19H27N3O. The van der Waals surface area contributed by atoms with Crippen molar-refractivity contribution in [3.63, 3.8) is 0 Å². The van der Waals surface area contributed by atoms with Gasteiger partial charge in [0, 0.05) is 36.7 Å². The SMILES string of the molecule is CNCc1cccc2c1ccn2CC(=O)N(C)C1CCCCC1. The van der Waals surface area contributed by atoms with Crippen LogP contribution >= 0.6 is 0 Å². The number of fused-ring (bicyclic) bond motifs is 1. The zero-order chi connectivity index (χ0) is 16.2. The second-order valence-electron chi connectivity index (χ2n) is 6.62. The van der Waals surface area contributed by atoms with Gasteiger partial charge in [0.05, 0.1) is 0 Å². The Morgan fingerprint density at radius 1 is 1.26 bits per heavy atom. The highest BCUT2D eigenvalue weighted by atomic mass is 16.2. The molecule has 0 atom stereocenters. The van der Waals surface area contributed by atoms with Crippen LogP contribution in [-0.4, -0.2) is 35.5 Å². The normalized spacial score (nSPS) is 15.9. The number of aromatic nitrogens is 1. The molecule has 23 heavy (non-hydrogen) atoms. The van der Waals surface area contributed by atoms with Crippen LogP contribution in [0.25, 0.3) is 10.9 Å². The molecule has 1 amide bonds. The molecule has 3 rings (SSSR count). The lowest BCUT2D eigenvalue weighted by atomic mass is 9.94. The van der Waals surface area contributed by atoms with E-state index in [0.717, 1.165) is 24.9 Å². The first kappa shape index (κ1) is 16.1. The predicted octanol–water partition coefficient (Wildman–Crippen LogP) is 3.15. The third-order valence-electron chi connectivity index (χ3n) is 5.09. The maximum Gasteiger partial charge on any atom is 0.242 e. The van der Waals surface area contributed by atoms with Crippen molar-refractivity contribution in [2.45, 2.75) is 51.2 Å². The second-order valence-corrected chi connectivity index (χ2v) is 6.62. The van der Waals surface area contributed by atoms with E-state index in [1.807, 2.05) is 25.2 Å². The monoisotopic (exact) mass is 313 g/mol. The molecule has 1 heterocycles. The van der Waals surface area contributed by atoms with Gasteiger partial charge in [-0.3, -0.25) is 4.79 Å². The summed E-state index contributed by atoms with van der Waals surface area (Å²) in [7, 11) is 3.93. The summed E-state index contributed by atoms with van der Waals surface area (Å²) in [5.74, 6) is 0.216. The van der Waals surface area contributed by atoms with Gasteiger partial charge in [0.1, 0.15) is 6.54 Å². The maximum atomic E-state index is 12.7. The minimum absolute atomic E-state index is 0.216. The third-order valence-corrected chi connectivity index (χ3v) is 5.09. The Morgan fingerprint density at radius 3 is 2.78 bits per heavy atom. The van der Waals surface area contributed by atoms with Gasteiger partial charge in [0.15, 0.2) is 0 Å². The molecule has 0 bridgehead atoms. The molecule has 0 aliphatic heterocycles. The largest absolute Gasteiger partial charge is 0.341 e. The molecule has 1 fully saturated rings. The minimum Gasteiger partial charge on any atom is -0.341 e. The zero-order valence-corrected chi connectivity index (χ0v) is 14.2. The van der Waals surface area contributed by atoms with Gasteiger partial charge >= 0.3 is 0 Å². The standard InChI is InChI=1S/C19H27N3O/c1-20-13-15-7-6-10-18-17(15)11-12-22(18)14-19(23)21(2)16-8-4-3-5-9-16/h6-7,10-12,16,20H,3-5,8-9,13-14H2,1-2H3. The third kappa shape index (κ3) is 3.42. The van der Waals surface area contributed by atoms with E-state index in [-0.39, 0.29) is 5.91 Å². The van der Waals surface area contributed by atoms with Gasteiger partial charge < -0.3 is 14.8 Å². The number of nitrogens with one attached hydrogen (secondary N) is 1. The molecule has 124 valence electrons. The fourth-order valence-corrected chi connectivity index (χ4v) is 3.70. The van der Waals surface area contributed by atoms with Crippen LogP contribution in [0.4, 0.5) is 0 Å². The van der Waals surface area contributed by atoms with Crippen molar-refractivity contribution in [1.82, 2.24) is 14.8 Å². The predicted molar refractivity (Wildman–Crippen MR) is 94.3 cm³/mol. The van der Waals surface area contributed by atoms with Gasteiger partial charge in [-0.15, -0.1) is 0 Å². The Morgan fingerprint density at radius 2 is 2.04 bits per heavy atom. The summed E-state index contributed by atoms with van der Waals surface area (Å²) in [6, 6.07) is 8.86. The Hall–Kier alpha value is -1.81. The van der Waals surface area contributed by atoms with E-state index in [4.69, 9.17) is 0 Å². The first-order valence-corrected chi connectivity index (χ1v) is 8.67. The molecule has 4 heteroatoms. The molecule has 0 saturated heterocycles. The summed E-state index contributed by atoms with van der Waals surface area (Å²) in [6.45, 7) is 1.27. The van der Waals surface area contributed by atoms with Crippen molar-refractivity contribution < 1.29 is 4.79 Å². The van der Waals surface area contributed by atoms with Crippen LogP contribution in [0.5, 0.6) is 0 Å². The van der Waals surface area contributed by atoms with Crippen LogP contribution in [0.1, 0.15) is 37.7 Å². The topological polar surface area (TPSA) is 37.3 Å². The van der Waals surface area contributed by atoms with E-state index in [1.54, 1.807) is 0 Å². The smallest absolute Gasteiger partial charge is 0.242 e. The van der Waals surface area contributed by atoms with Crippen molar-refractivity contribution in [2.75, 3.05) is 14.1 Å². The minimum atomic E-state index is 0.216. The number of likely N-dealkylation sites (N-methyl/N-ethyl adjacent to an activating group) is 1. The number of carbonyl (C=O) groups excluding carboxylic acids is 1. The molecule has 1 aromatic carbocycles. The number of nitrogens with zero attached hydrogens (tertiary/aromatic N) is 2. The van der Waals surface area contributed by atoms with Crippen molar-refractivity contribution in [2.24, 2.45) is 0 Å².